The Bertz CT molecular complexity index is 211. The van der Waals surface area contributed by atoms with Gasteiger partial charge in [-0.15, -0.1) is 0 Å². The van der Waals surface area contributed by atoms with Crippen molar-refractivity contribution in [2.45, 2.75) is 74.1 Å². The van der Waals surface area contributed by atoms with Crippen molar-refractivity contribution in [3.8, 4) is 0 Å². The van der Waals surface area contributed by atoms with Crippen LogP contribution in [-0.2, 0) is 0 Å². The molecule has 2 aliphatic rings. The van der Waals surface area contributed by atoms with Crippen molar-refractivity contribution in [2.75, 3.05) is 0 Å². The molecule has 16 heavy (non-hydrogen) atoms. The fourth-order valence-electron chi connectivity index (χ4n) is 3.25. The van der Waals surface area contributed by atoms with Crippen molar-refractivity contribution >= 4 is 27.7 Å². The highest BCUT2D eigenvalue weighted by Crippen LogP contribution is 2.41. The first kappa shape index (κ1) is 13.3. The van der Waals surface area contributed by atoms with Crippen LogP contribution in [0.5, 0.6) is 0 Å². The minimum Gasteiger partial charge on any atom is -0.155 e. The van der Waals surface area contributed by atoms with Crippen molar-refractivity contribution in [3.63, 3.8) is 0 Å². The summed E-state index contributed by atoms with van der Waals surface area (Å²) >= 11 is 6.08. The topological polar surface area (TPSA) is 0 Å². The van der Waals surface area contributed by atoms with Crippen molar-refractivity contribution in [1.82, 2.24) is 0 Å². The minimum atomic E-state index is 0.813. The molecule has 0 saturated heterocycles. The molecule has 2 fully saturated rings. The van der Waals surface area contributed by atoms with E-state index in [2.05, 4.69) is 41.5 Å². The number of rotatable bonds is 2. The van der Waals surface area contributed by atoms with Crippen LogP contribution in [-0.4, -0.2) is 15.3 Å². The van der Waals surface area contributed by atoms with E-state index in [1.165, 1.54) is 44.9 Å². The van der Waals surface area contributed by atoms with Crippen LogP contribution in [0.4, 0.5) is 0 Å². The zero-order valence-electron chi connectivity index (χ0n) is 10.6. The normalized spacial score (nSPS) is 45.6. The van der Waals surface area contributed by atoms with Gasteiger partial charge in [-0.2, -0.15) is 11.8 Å². The number of halogens is 1. The highest BCUT2D eigenvalue weighted by atomic mass is 79.9. The molecule has 0 aromatic heterocycles. The van der Waals surface area contributed by atoms with E-state index >= 15 is 0 Å². The van der Waals surface area contributed by atoms with Gasteiger partial charge in [-0.3, -0.25) is 0 Å². The van der Waals surface area contributed by atoms with Gasteiger partial charge in [-0.05, 0) is 56.8 Å². The van der Waals surface area contributed by atoms with E-state index in [4.69, 9.17) is 0 Å². The number of hydrogen-bond donors (Lipinski definition) is 0. The molecular formula is C14H25BrS. The maximum absolute atomic E-state index is 3.75. The molecule has 0 aromatic rings. The SMILES string of the molecule is CC1CCC(SC2CCC(Br)CC2)C(C)C1. The summed E-state index contributed by atoms with van der Waals surface area (Å²) in [4.78, 5) is 0.813. The van der Waals surface area contributed by atoms with Gasteiger partial charge in [-0.25, -0.2) is 0 Å². The summed E-state index contributed by atoms with van der Waals surface area (Å²) in [6, 6.07) is 0. The second kappa shape index (κ2) is 6.13. The summed E-state index contributed by atoms with van der Waals surface area (Å²) < 4.78 is 0. The van der Waals surface area contributed by atoms with Gasteiger partial charge in [0, 0.05) is 15.3 Å². The molecule has 0 bridgehead atoms. The lowest BCUT2D eigenvalue weighted by Crippen LogP contribution is -2.27. The molecule has 0 nitrogen and oxygen atoms in total. The number of alkyl halides is 1. The van der Waals surface area contributed by atoms with Gasteiger partial charge in [0.15, 0.2) is 0 Å². The molecule has 2 rings (SSSR count). The Morgan fingerprint density at radius 2 is 1.62 bits per heavy atom. The standard InChI is InChI=1S/C14H25BrS/c1-10-3-8-14(11(2)9-10)16-13-6-4-12(15)5-7-13/h10-14H,3-9H2,1-2H3. The molecule has 0 radical (unpaired) electrons. The summed E-state index contributed by atoms with van der Waals surface area (Å²) in [5.41, 5.74) is 0. The van der Waals surface area contributed by atoms with Gasteiger partial charge in [0.1, 0.15) is 0 Å². The van der Waals surface area contributed by atoms with Crippen LogP contribution in [0.1, 0.15) is 58.8 Å². The maximum atomic E-state index is 3.75. The average molecular weight is 305 g/mol. The lowest BCUT2D eigenvalue weighted by molar-refractivity contribution is 0.309. The summed E-state index contributed by atoms with van der Waals surface area (Å²) in [6.07, 6.45) is 10.1. The molecule has 0 amide bonds. The largest absolute Gasteiger partial charge is 0.155 e. The van der Waals surface area contributed by atoms with Gasteiger partial charge in [0.2, 0.25) is 0 Å². The molecule has 2 heteroatoms. The predicted molar refractivity (Wildman–Crippen MR) is 78.5 cm³/mol. The van der Waals surface area contributed by atoms with E-state index in [0.717, 1.165) is 27.2 Å². The first-order valence-corrected chi connectivity index (χ1v) is 8.80. The van der Waals surface area contributed by atoms with Crippen molar-refractivity contribution in [2.24, 2.45) is 11.8 Å². The van der Waals surface area contributed by atoms with Gasteiger partial charge >= 0.3 is 0 Å². The molecule has 94 valence electrons. The Morgan fingerprint density at radius 1 is 0.938 bits per heavy atom. The van der Waals surface area contributed by atoms with Gasteiger partial charge < -0.3 is 0 Å². The Labute approximate surface area is 113 Å². The summed E-state index contributed by atoms with van der Waals surface area (Å²) in [5.74, 6) is 1.93. The lowest BCUT2D eigenvalue weighted by Gasteiger charge is -2.36. The Kier molecular flexibility index (Phi) is 5.08. The molecule has 0 heterocycles. The van der Waals surface area contributed by atoms with Crippen LogP contribution < -0.4 is 0 Å². The molecule has 0 N–H and O–H groups in total. The van der Waals surface area contributed by atoms with Crippen LogP contribution in [0.3, 0.4) is 0 Å². The quantitative estimate of drug-likeness (QED) is 0.628. The molecular weight excluding hydrogens is 280 g/mol. The molecule has 3 atom stereocenters. The molecule has 0 aromatic carbocycles. The lowest BCUT2D eigenvalue weighted by atomic mass is 9.83. The summed E-state index contributed by atoms with van der Waals surface area (Å²) in [7, 11) is 0. The fraction of sp³-hybridized carbons (Fsp3) is 1.00. The summed E-state index contributed by atoms with van der Waals surface area (Å²) in [6.45, 7) is 4.90. The highest BCUT2D eigenvalue weighted by Gasteiger charge is 2.29. The third-order valence-corrected chi connectivity index (χ3v) is 7.15. The molecule has 0 spiro atoms. The van der Waals surface area contributed by atoms with Gasteiger partial charge in [-0.1, -0.05) is 29.8 Å². The van der Waals surface area contributed by atoms with Gasteiger partial charge in [0.05, 0.1) is 0 Å². The van der Waals surface area contributed by atoms with Crippen LogP contribution in [0.2, 0.25) is 0 Å². The predicted octanol–water partition coefficient (Wildman–Crippen LogP) is 5.25. The number of thioether (sulfide) groups is 1. The van der Waals surface area contributed by atoms with E-state index in [1.54, 1.807) is 0 Å². The van der Waals surface area contributed by atoms with Crippen molar-refractivity contribution in [3.05, 3.63) is 0 Å². The molecule has 0 aliphatic heterocycles. The third kappa shape index (κ3) is 3.66. The van der Waals surface area contributed by atoms with Crippen LogP contribution in [0.25, 0.3) is 0 Å². The van der Waals surface area contributed by atoms with Crippen molar-refractivity contribution in [1.29, 1.82) is 0 Å². The fourth-order valence-corrected chi connectivity index (χ4v) is 5.46. The first-order valence-electron chi connectivity index (χ1n) is 6.94. The second-order valence-electron chi connectivity index (χ2n) is 5.94. The number of hydrogen-bond acceptors (Lipinski definition) is 1. The molecule has 3 unspecified atom stereocenters. The van der Waals surface area contributed by atoms with E-state index in [1.807, 2.05) is 0 Å². The first-order chi connectivity index (χ1) is 7.65. The van der Waals surface area contributed by atoms with Gasteiger partial charge in [0.25, 0.3) is 0 Å². The van der Waals surface area contributed by atoms with E-state index in [-0.39, 0.29) is 0 Å². The second-order valence-corrected chi connectivity index (χ2v) is 8.78. The van der Waals surface area contributed by atoms with E-state index in [9.17, 15) is 0 Å². The smallest absolute Gasteiger partial charge is 0.0146 e. The molecule has 2 aliphatic carbocycles. The Hall–Kier alpha value is 0.830. The Morgan fingerprint density at radius 3 is 2.25 bits per heavy atom. The zero-order chi connectivity index (χ0) is 11.5. The Balaban J connectivity index is 1.76. The van der Waals surface area contributed by atoms with E-state index < -0.39 is 0 Å². The van der Waals surface area contributed by atoms with Crippen LogP contribution in [0.15, 0.2) is 0 Å². The van der Waals surface area contributed by atoms with Crippen molar-refractivity contribution < 1.29 is 0 Å². The van der Waals surface area contributed by atoms with Crippen LogP contribution >= 0.6 is 27.7 Å². The average Bonchev–Trinajstić information content (AvgIpc) is 2.25. The molecule has 2 saturated carbocycles. The zero-order valence-corrected chi connectivity index (χ0v) is 13.0. The summed E-state index contributed by atoms with van der Waals surface area (Å²) in [5, 5.41) is 1.93. The minimum absolute atomic E-state index is 0.813. The van der Waals surface area contributed by atoms with E-state index in [0.29, 0.717) is 0 Å². The monoisotopic (exact) mass is 304 g/mol. The maximum Gasteiger partial charge on any atom is 0.0146 e. The highest BCUT2D eigenvalue weighted by molar-refractivity contribution is 9.09. The van der Waals surface area contributed by atoms with Crippen LogP contribution in [0, 0.1) is 11.8 Å². The third-order valence-electron chi connectivity index (χ3n) is 4.32.